The summed E-state index contributed by atoms with van der Waals surface area (Å²) < 4.78 is 23.7. The van der Waals surface area contributed by atoms with Gasteiger partial charge in [-0.25, -0.2) is 4.79 Å². The van der Waals surface area contributed by atoms with E-state index in [9.17, 15) is 14.7 Å². The molecule has 11 nitrogen and oxygen atoms in total. The van der Waals surface area contributed by atoms with Crippen molar-refractivity contribution in [3.8, 4) is 17.2 Å². The molecule has 11 heteroatoms. The van der Waals surface area contributed by atoms with Gasteiger partial charge in [-0.3, -0.25) is 4.79 Å². The maximum Gasteiger partial charge on any atom is 0.323 e. The molecule has 5 rings (SSSR count). The molecule has 0 aromatic heterocycles. The third-order valence-corrected chi connectivity index (χ3v) is 9.73. The van der Waals surface area contributed by atoms with Crippen LogP contribution >= 0.6 is 0 Å². The van der Waals surface area contributed by atoms with Crippen LogP contribution in [0.2, 0.25) is 0 Å². The van der Waals surface area contributed by atoms with Gasteiger partial charge in [-0.15, -0.1) is 0 Å². The number of carbonyl (C=O) groups excluding carboxylic acids is 2. The van der Waals surface area contributed by atoms with Gasteiger partial charge < -0.3 is 44.5 Å². The lowest BCUT2D eigenvalue weighted by Gasteiger charge is -2.36. The summed E-state index contributed by atoms with van der Waals surface area (Å²) in [5, 5.41) is 15.9. The fraction of sp³-hybridized carbons (Fsp3) is 0.622. The normalized spacial score (nSPS) is 23.2. The van der Waals surface area contributed by atoms with Crippen LogP contribution in [0.25, 0.3) is 0 Å². The number of hydrogen-bond acceptors (Lipinski definition) is 8. The zero-order valence-corrected chi connectivity index (χ0v) is 29.0. The number of urea groups is 1. The van der Waals surface area contributed by atoms with E-state index in [2.05, 4.69) is 29.5 Å². The summed E-state index contributed by atoms with van der Waals surface area (Å²) in [4.78, 5) is 31.5. The average molecular weight is 667 g/mol. The third kappa shape index (κ3) is 9.76. The van der Waals surface area contributed by atoms with Crippen LogP contribution in [0.5, 0.6) is 17.2 Å². The van der Waals surface area contributed by atoms with Crippen molar-refractivity contribution in [3.63, 3.8) is 0 Å². The Morgan fingerprint density at radius 2 is 1.62 bits per heavy atom. The highest BCUT2D eigenvalue weighted by Crippen LogP contribution is 2.34. The van der Waals surface area contributed by atoms with E-state index >= 15 is 0 Å². The standard InChI is InChI=1S/C37H54N4O7/c1-25-20-41(26(2)23-42)36(43)31-18-29(38-37(44)39-30-14-16-33-34(19-30)47-24-46-33)13-15-32(31)48-27(3)10-8-9-17-45-35(25)22-40(4)21-28-11-6-5-7-12-28/h13-16,18-19,25-28,35,42H,5-12,17,20-24H2,1-4H3,(H2,38,39,44)/t25-,26+,27+,35-/m1/s1. The molecule has 2 aliphatic heterocycles. The van der Waals surface area contributed by atoms with Crippen LogP contribution in [0.15, 0.2) is 36.4 Å². The van der Waals surface area contributed by atoms with E-state index in [0.29, 0.717) is 47.3 Å². The molecule has 4 atom stereocenters. The molecule has 2 aromatic rings. The van der Waals surface area contributed by atoms with Gasteiger partial charge >= 0.3 is 6.03 Å². The maximum atomic E-state index is 14.4. The minimum Gasteiger partial charge on any atom is -0.490 e. The van der Waals surface area contributed by atoms with Crippen LogP contribution in [0.1, 0.15) is 82.5 Å². The predicted octanol–water partition coefficient (Wildman–Crippen LogP) is 6.37. The summed E-state index contributed by atoms with van der Waals surface area (Å²) in [5.41, 5.74) is 1.31. The zero-order valence-electron chi connectivity index (χ0n) is 29.0. The highest BCUT2D eigenvalue weighted by Gasteiger charge is 2.31. The van der Waals surface area contributed by atoms with Gasteiger partial charge in [-0.2, -0.15) is 0 Å². The Morgan fingerprint density at radius 1 is 0.938 bits per heavy atom. The quantitative estimate of drug-likeness (QED) is 0.297. The van der Waals surface area contributed by atoms with Gasteiger partial charge in [-0.05, 0) is 89.2 Å². The minimum atomic E-state index is -0.469. The molecule has 1 saturated carbocycles. The van der Waals surface area contributed by atoms with Crippen LogP contribution in [0.3, 0.4) is 0 Å². The first-order valence-corrected chi connectivity index (χ1v) is 17.7. The van der Waals surface area contributed by atoms with Crippen molar-refractivity contribution in [2.45, 2.75) is 90.4 Å². The van der Waals surface area contributed by atoms with E-state index < -0.39 is 12.1 Å². The van der Waals surface area contributed by atoms with Crippen LogP contribution in [0.4, 0.5) is 16.2 Å². The van der Waals surface area contributed by atoms with E-state index in [1.54, 1.807) is 41.3 Å². The first kappa shape index (κ1) is 35.8. The molecular weight excluding hydrogens is 612 g/mol. The number of benzene rings is 2. The smallest absolute Gasteiger partial charge is 0.323 e. The Morgan fingerprint density at radius 3 is 2.38 bits per heavy atom. The number of rotatable bonds is 8. The summed E-state index contributed by atoms with van der Waals surface area (Å²) in [6, 6.07) is 9.39. The molecule has 3 N–H and O–H groups in total. The molecule has 3 aliphatic rings. The number of nitrogens with one attached hydrogen (secondary N) is 2. The van der Waals surface area contributed by atoms with E-state index in [0.717, 1.165) is 38.3 Å². The van der Waals surface area contributed by atoms with Crippen molar-refractivity contribution in [1.29, 1.82) is 0 Å². The fourth-order valence-corrected chi connectivity index (χ4v) is 6.92. The lowest BCUT2D eigenvalue weighted by Crippen LogP contribution is -2.47. The topological polar surface area (TPSA) is 122 Å². The third-order valence-electron chi connectivity index (χ3n) is 9.73. The number of nitrogens with zero attached hydrogens (tertiary/aromatic N) is 2. The second-order valence-corrected chi connectivity index (χ2v) is 13.9. The first-order valence-electron chi connectivity index (χ1n) is 17.7. The molecule has 48 heavy (non-hydrogen) atoms. The van der Waals surface area contributed by atoms with Gasteiger partial charge in [0, 0.05) is 49.6 Å². The lowest BCUT2D eigenvalue weighted by molar-refractivity contribution is -0.0190. The monoisotopic (exact) mass is 666 g/mol. The molecule has 0 unspecified atom stereocenters. The molecule has 264 valence electrons. The summed E-state index contributed by atoms with van der Waals surface area (Å²) in [5.74, 6) is 2.11. The minimum absolute atomic E-state index is 0.0109. The largest absolute Gasteiger partial charge is 0.490 e. The Balaban J connectivity index is 1.35. The molecule has 1 fully saturated rings. The Hall–Kier alpha value is -3.54. The summed E-state index contributed by atoms with van der Waals surface area (Å²) in [6.45, 7) is 8.85. The van der Waals surface area contributed by atoms with Crippen molar-refractivity contribution < 1.29 is 33.6 Å². The summed E-state index contributed by atoms with van der Waals surface area (Å²) >= 11 is 0. The highest BCUT2D eigenvalue weighted by atomic mass is 16.7. The lowest BCUT2D eigenvalue weighted by atomic mass is 9.89. The van der Waals surface area contributed by atoms with Gasteiger partial charge in [0.1, 0.15) is 5.75 Å². The predicted molar refractivity (Wildman–Crippen MR) is 186 cm³/mol. The number of ether oxygens (including phenoxy) is 4. The van der Waals surface area contributed by atoms with Crippen molar-refractivity contribution >= 4 is 23.3 Å². The van der Waals surface area contributed by atoms with Crippen LogP contribution < -0.4 is 24.8 Å². The molecule has 1 aliphatic carbocycles. The maximum absolute atomic E-state index is 14.4. The Bertz CT molecular complexity index is 1370. The van der Waals surface area contributed by atoms with E-state index in [1.807, 2.05) is 13.8 Å². The molecule has 0 radical (unpaired) electrons. The second-order valence-electron chi connectivity index (χ2n) is 13.9. The second kappa shape index (κ2) is 17.2. The first-order chi connectivity index (χ1) is 23.2. The molecule has 0 bridgehead atoms. The van der Waals surface area contributed by atoms with Crippen LogP contribution in [-0.4, -0.2) is 91.8 Å². The number of hydrogen-bond donors (Lipinski definition) is 3. The molecular formula is C37H54N4O7. The Kier molecular flexibility index (Phi) is 12.8. The van der Waals surface area contributed by atoms with Gasteiger partial charge in [0.2, 0.25) is 6.79 Å². The molecule has 2 aromatic carbocycles. The van der Waals surface area contributed by atoms with E-state index in [-0.39, 0.29) is 37.4 Å². The number of anilines is 2. The highest BCUT2D eigenvalue weighted by molar-refractivity contribution is 6.02. The summed E-state index contributed by atoms with van der Waals surface area (Å²) in [7, 11) is 2.18. The Labute approximate surface area is 285 Å². The average Bonchev–Trinajstić information content (AvgIpc) is 3.54. The number of aliphatic hydroxyl groups is 1. The summed E-state index contributed by atoms with van der Waals surface area (Å²) in [6.07, 6.45) is 9.03. The zero-order chi connectivity index (χ0) is 34.0. The van der Waals surface area contributed by atoms with Crippen LogP contribution in [0, 0.1) is 11.8 Å². The van der Waals surface area contributed by atoms with Crippen molar-refractivity contribution in [3.05, 3.63) is 42.0 Å². The SMILES string of the molecule is C[C@@H]1CN([C@@H](C)CO)C(=O)c2cc(NC(=O)Nc3ccc4c(c3)OCO4)ccc2O[C@@H](C)CCCCO[C@@H]1CN(C)CC1CCCCC1. The number of amides is 3. The van der Waals surface area contributed by atoms with E-state index in [1.165, 1.54) is 32.1 Å². The number of aliphatic hydroxyl groups excluding tert-OH is 1. The number of carbonyl (C=O) groups is 2. The molecule has 0 saturated heterocycles. The van der Waals surface area contributed by atoms with Gasteiger partial charge in [0.15, 0.2) is 11.5 Å². The van der Waals surface area contributed by atoms with Gasteiger partial charge in [0.25, 0.3) is 5.91 Å². The van der Waals surface area contributed by atoms with Crippen LogP contribution in [-0.2, 0) is 4.74 Å². The molecule has 3 amide bonds. The van der Waals surface area contributed by atoms with E-state index in [4.69, 9.17) is 18.9 Å². The molecule has 2 heterocycles. The van der Waals surface area contributed by atoms with Crippen molar-refractivity contribution in [2.75, 3.05) is 57.3 Å². The van der Waals surface area contributed by atoms with Crippen molar-refractivity contribution in [2.24, 2.45) is 11.8 Å². The number of likely N-dealkylation sites (N-methyl/N-ethyl adjacent to an activating group) is 1. The van der Waals surface area contributed by atoms with Crippen molar-refractivity contribution in [1.82, 2.24) is 9.80 Å². The molecule has 0 spiro atoms. The number of fused-ring (bicyclic) bond motifs is 2. The van der Waals surface area contributed by atoms with Gasteiger partial charge in [-0.1, -0.05) is 26.2 Å². The van der Waals surface area contributed by atoms with Gasteiger partial charge in [0.05, 0.1) is 30.4 Å². The fourth-order valence-electron chi connectivity index (χ4n) is 6.92.